The Morgan fingerprint density at radius 1 is 1.20 bits per heavy atom. The average Bonchev–Trinajstić information content (AvgIpc) is 3.06. The minimum atomic E-state index is -0.194. The first kappa shape index (κ1) is 17.4. The standard InChI is InChI=1S/C19H18BrN3O2/c1-11(2)17-22-19(25-23-17)15-9-4-6-12(3)16(15)21-18(24)13-7-5-8-14(20)10-13/h4-11H,1-3H3,(H,21,24). The Balaban J connectivity index is 1.97. The van der Waals surface area contributed by atoms with E-state index in [-0.39, 0.29) is 11.8 Å². The van der Waals surface area contributed by atoms with Crippen LogP contribution in [0.15, 0.2) is 51.5 Å². The van der Waals surface area contributed by atoms with Crippen LogP contribution in [0.4, 0.5) is 5.69 Å². The highest BCUT2D eigenvalue weighted by Gasteiger charge is 2.18. The molecule has 6 heteroatoms. The molecule has 3 aromatic rings. The maximum Gasteiger partial charge on any atom is 0.260 e. The van der Waals surface area contributed by atoms with Crippen LogP contribution in [-0.2, 0) is 0 Å². The second-order valence-electron chi connectivity index (χ2n) is 6.07. The van der Waals surface area contributed by atoms with E-state index < -0.39 is 0 Å². The molecule has 0 saturated carbocycles. The van der Waals surface area contributed by atoms with Gasteiger partial charge in [0.1, 0.15) is 0 Å². The summed E-state index contributed by atoms with van der Waals surface area (Å²) in [4.78, 5) is 17.1. The molecule has 2 aromatic carbocycles. The summed E-state index contributed by atoms with van der Waals surface area (Å²) in [5, 5.41) is 6.98. The SMILES string of the molecule is Cc1cccc(-c2nc(C(C)C)no2)c1NC(=O)c1cccc(Br)c1. The van der Waals surface area contributed by atoms with Crippen molar-refractivity contribution in [1.82, 2.24) is 10.1 Å². The van der Waals surface area contributed by atoms with Gasteiger partial charge >= 0.3 is 0 Å². The van der Waals surface area contributed by atoms with E-state index in [2.05, 4.69) is 31.4 Å². The number of carbonyl (C=O) groups is 1. The van der Waals surface area contributed by atoms with E-state index in [1.165, 1.54) is 0 Å². The minimum Gasteiger partial charge on any atom is -0.334 e. The fourth-order valence-electron chi connectivity index (χ4n) is 2.41. The van der Waals surface area contributed by atoms with Gasteiger partial charge in [-0.3, -0.25) is 4.79 Å². The quantitative estimate of drug-likeness (QED) is 0.655. The summed E-state index contributed by atoms with van der Waals surface area (Å²) in [5.41, 5.74) is 2.87. The summed E-state index contributed by atoms with van der Waals surface area (Å²) < 4.78 is 6.24. The summed E-state index contributed by atoms with van der Waals surface area (Å²) in [6.45, 7) is 5.93. The molecule has 0 spiro atoms. The number of anilines is 1. The van der Waals surface area contributed by atoms with Crippen LogP contribution >= 0.6 is 15.9 Å². The van der Waals surface area contributed by atoms with Gasteiger partial charge in [-0.05, 0) is 36.8 Å². The molecule has 0 aliphatic carbocycles. The van der Waals surface area contributed by atoms with Crippen molar-refractivity contribution < 1.29 is 9.32 Å². The van der Waals surface area contributed by atoms with Crippen LogP contribution in [-0.4, -0.2) is 16.0 Å². The molecule has 1 aromatic heterocycles. The van der Waals surface area contributed by atoms with E-state index in [1.54, 1.807) is 12.1 Å². The molecular formula is C19H18BrN3O2. The van der Waals surface area contributed by atoms with E-state index in [9.17, 15) is 4.79 Å². The lowest BCUT2D eigenvalue weighted by Crippen LogP contribution is -2.13. The van der Waals surface area contributed by atoms with Gasteiger partial charge in [-0.15, -0.1) is 0 Å². The second-order valence-corrected chi connectivity index (χ2v) is 6.99. The Kier molecular flexibility index (Phi) is 4.99. The lowest BCUT2D eigenvalue weighted by atomic mass is 10.1. The number of nitrogens with one attached hydrogen (secondary N) is 1. The third-order valence-corrected chi connectivity index (χ3v) is 4.28. The van der Waals surface area contributed by atoms with Crippen LogP contribution in [0, 0.1) is 6.92 Å². The lowest BCUT2D eigenvalue weighted by molar-refractivity contribution is 0.102. The molecule has 0 radical (unpaired) electrons. The Bertz CT molecular complexity index is 919. The van der Waals surface area contributed by atoms with Gasteiger partial charge in [0.25, 0.3) is 11.8 Å². The molecule has 25 heavy (non-hydrogen) atoms. The lowest BCUT2D eigenvalue weighted by Gasteiger charge is -2.12. The Morgan fingerprint density at radius 3 is 2.64 bits per heavy atom. The Morgan fingerprint density at radius 2 is 1.96 bits per heavy atom. The van der Waals surface area contributed by atoms with Crippen LogP contribution < -0.4 is 5.32 Å². The second kappa shape index (κ2) is 7.19. The topological polar surface area (TPSA) is 68.0 Å². The van der Waals surface area contributed by atoms with Crippen LogP contribution in [0.2, 0.25) is 0 Å². The molecule has 5 nitrogen and oxygen atoms in total. The van der Waals surface area contributed by atoms with Crippen molar-refractivity contribution in [3.63, 3.8) is 0 Å². The fourth-order valence-corrected chi connectivity index (χ4v) is 2.81. The average molecular weight is 400 g/mol. The molecule has 1 N–H and O–H groups in total. The number of nitrogens with zero attached hydrogens (tertiary/aromatic N) is 2. The molecule has 0 bridgehead atoms. The van der Waals surface area contributed by atoms with Crippen molar-refractivity contribution in [1.29, 1.82) is 0 Å². The molecule has 1 heterocycles. The highest BCUT2D eigenvalue weighted by molar-refractivity contribution is 9.10. The third kappa shape index (κ3) is 3.79. The van der Waals surface area contributed by atoms with E-state index in [4.69, 9.17) is 4.52 Å². The summed E-state index contributed by atoms with van der Waals surface area (Å²) in [6, 6.07) is 12.9. The fraction of sp³-hybridized carbons (Fsp3) is 0.211. The number of amides is 1. The van der Waals surface area contributed by atoms with Gasteiger partial charge in [0.05, 0.1) is 11.3 Å². The monoisotopic (exact) mass is 399 g/mol. The Hall–Kier alpha value is -2.47. The number of aryl methyl sites for hydroxylation is 1. The van der Waals surface area contributed by atoms with Gasteiger partial charge < -0.3 is 9.84 Å². The van der Waals surface area contributed by atoms with Crippen molar-refractivity contribution in [2.45, 2.75) is 26.7 Å². The number of halogens is 1. The number of benzene rings is 2. The van der Waals surface area contributed by atoms with E-state index in [1.807, 2.05) is 51.1 Å². The molecule has 128 valence electrons. The van der Waals surface area contributed by atoms with Gasteiger partial charge in [-0.1, -0.05) is 53.1 Å². The third-order valence-electron chi connectivity index (χ3n) is 3.79. The molecular weight excluding hydrogens is 382 g/mol. The number of aromatic nitrogens is 2. The van der Waals surface area contributed by atoms with Gasteiger partial charge in [-0.25, -0.2) is 0 Å². The highest BCUT2D eigenvalue weighted by atomic mass is 79.9. The normalized spacial score (nSPS) is 10.9. The zero-order valence-corrected chi connectivity index (χ0v) is 15.8. The van der Waals surface area contributed by atoms with Gasteiger partial charge in [0.15, 0.2) is 5.82 Å². The smallest absolute Gasteiger partial charge is 0.260 e. The van der Waals surface area contributed by atoms with Crippen LogP contribution in [0.25, 0.3) is 11.5 Å². The number of hydrogen-bond donors (Lipinski definition) is 1. The van der Waals surface area contributed by atoms with E-state index >= 15 is 0 Å². The predicted octanol–water partition coefficient (Wildman–Crippen LogP) is 5.18. The first-order valence-corrected chi connectivity index (χ1v) is 8.75. The summed E-state index contributed by atoms with van der Waals surface area (Å²) in [7, 11) is 0. The number of rotatable bonds is 4. The molecule has 3 rings (SSSR count). The van der Waals surface area contributed by atoms with E-state index in [0.29, 0.717) is 28.5 Å². The number of para-hydroxylation sites is 1. The van der Waals surface area contributed by atoms with E-state index in [0.717, 1.165) is 10.0 Å². The highest BCUT2D eigenvalue weighted by Crippen LogP contribution is 2.31. The molecule has 0 atom stereocenters. The molecule has 0 aliphatic rings. The van der Waals surface area contributed by atoms with Crippen molar-refractivity contribution in [3.05, 3.63) is 63.9 Å². The maximum absolute atomic E-state index is 12.6. The molecule has 0 saturated heterocycles. The summed E-state index contributed by atoms with van der Waals surface area (Å²) >= 11 is 3.38. The van der Waals surface area contributed by atoms with Crippen LogP contribution in [0.5, 0.6) is 0 Å². The molecule has 0 unspecified atom stereocenters. The first-order chi connectivity index (χ1) is 12.0. The van der Waals surface area contributed by atoms with Crippen LogP contribution in [0.1, 0.15) is 41.5 Å². The van der Waals surface area contributed by atoms with Crippen molar-refractivity contribution in [2.75, 3.05) is 5.32 Å². The van der Waals surface area contributed by atoms with Gasteiger partial charge in [-0.2, -0.15) is 4.98 Å². The minimum absolute atomic E-state index is 0.169. The predicted molar refractivity (Wildman–Crippen MR) is 101 cm³/mol. The number of hydrogen-bond acceptors (Lipinski definition) is 4. The first-order valence-electron chi connectivity index (χ1n) is 7.96. The largest absolute Gasteiger partial charge is 0.334 e. The van der Waals surface area contributed by atoms with Crippen molar-refractivity contribution in [2.24, 2.45) is 0 Å². The zero-order valence-electron chi connectivity index (χ0n) is 14.2. The summed E-state index contributed by atoms with van der Waals surface area (Å²) in [6.07, 6.45) is 0. The van der Waals surface area contributed by atoms with Gasteiger partial charge in [0, 0.05) is 16.0 Å². The molecule has 0 fully saturated rings. The summed E-state index contributed by atoms with van der Waals surface area (Å²) in [5.74, 6) is 1.01. The molecule has 0 aliphatic heterocycles. The van der Waals surface area contributed by atoms with Crippen molar-refractivity contribution >= 4 is 27.5 Å². The Labute approximate surface area is 154 Å². The van der Waals surface area contributed by atoms with Gasteiger partial charge in [0.2, 0.25) is 0 Å². The zero-order chi connectivity index (χ0) is 18.0. The molecule has 1 amide bonds. The maximum atomic E-state index is 12.6. The van der Waals surface area contributed by atoms with Crippen LogP contribution in [0.3, 0.4) is 0 Å². The van der Waals surface area contributed by atoms with Crippen molar-refractivity contribution in [3.8, 4) is 11.5 Å². The number of carbonyl (C=O) groups excluding carboxylic acids is 1.